The molecule has 0 fully saturated rings. The molecule has 17 heavy (non-hydrogen) atoms. The van der Waals surface area contributed by atoms with Gasteiger partial charge in [-0.2, -0.15) is 0 Å². The zero-order chi connectivity index (χ0) is 12.8. The average molecular weight is 238 g/mol. The van der Waals surface area contributed by atoms with Crippen LogP contribution in [0.4, 0.5) is 5.69 Å². The highest BCUT2D eigenvalue weighted by atomic mass is 16.3. The van der Waals surface area contributed by atoms with E-state index in [1.54, 1.807) is 18.2 Å². The number of amides is 1. The third-order valence-electron chi connectivity index (χ3n) is 2.46. The van der Waals surface area contributed by atoms with Crippen molar-refractivity contribution in [3.05, 3.63) is 29.3 Å². The van der Waals surface area contributed by atoms with Crippen LogP contribution in [0.1, 0.15) is 15.9 Å². The molecule has 0 radical (unpaired) electrons. The van der Waals surface area contributed by atoms with Gasteiger partial charge < -0.3 is 20.8 Å². The molecule has 0 unspecified atom stereocenters. The van der Waals surface area contributed by atoms with Crippen molar-refractivity contribution in [2.45, 2.75) is 6.92 Å². The van der Waals surface area contributed by atoms with Crippen LogP contribution in [0.2, 0.25) is 0 Å². The minimum Gasteiger partial charge on any atom is -0.398 e. The summed E-state index contributed by atoms with van der Waals surface area (Å²) >= 11 is 0. The molecule has 1 aromatic carbocycles. The molecule has 1 aromatic rings. The number of rotatable bonds is 5. The van der Waals surface area contributed by atoms with E-state index in [4.69, 9.17) is 15.9 Å². The molecule has 0 aliphatic heterocycles. The smallest absolute Gasteiger partial charge is 0.256 e. The summed E-state index contributed by atoms with van der Waals surface area (Å²) < 4.78 is 0. The summed E-state index contributed by atoms with van der Waals surface area (Å²) in [6.07, 6.45) is 0. The Bertz CT molecular complexity index is 387. The Morgan fingerprint density at radius 1 is 1.29 bits per heavy atom. The number of carbonyl (C=O) groups excluding carboxylic acids is 1. The first-order chi connectivity index (χ1) is 8.10. The van der Waals surface area contributed by atoms with Crippen molar-refractivity contribution in [2.75, 3.05) is 32.0 Å². The summed E-state index contributed by atoms with van der Waals surface area (Å²) in [7, 11) is 0. The van der Waals surface area contributed by atoms with Crippen LogP contribution in [-0.2, 0) is 0 Å². The van der Waals surface area contributed by atoms with E-state index in [1.807, 2.05) is 6.92 Å². The van der Waals surface area contributed by atoms with Crippen molar-refractivity contribution < 1.29 is 15.0 Å². The van der Waals surface area contributed by atoms with E-state index in [1.165, 1.54) is 4.90 Å². The van der Waals surface area contributed by atoms with E-state index in [0.29, 0.717) is 11.3 Å². The lowest BCUT2D eigenvalue weighted by atomic mass is 10.1. The molecule has 0 bridgehead atoms. The Labute approximate surface area is 100 Å². The fourth-order valence-corrected chi connectivity index (χ4v) is 1.60. The average Bonchev–Trinajstić information content (AvgIpc) is 2.28. The van der Waals surface area contributed by atoms with Gasteiger partial charge in [0.05, 0.1) is 18.8 Å². The Kier molecular flexibility index (Phi) is 4.93. The summed E-state index contributed by atoms with van der Waals surface area (Å²) in [5.74, 6) is -0.273. The number of aryl methyl sites for hydroxylation is 1. The lowest BCUT2D eigenvalue weighted by Gasteiger charge is -2.21. The molecular formula is C12H18N2O3. The molecule has 0 aliphatic carbocycles. The minimum atomic E-state index is -0.273. The van der Waals surface area contributed by atoms with Gasteiger partial charge in [-0.3, -0.25) is 4.79 Å². The summed E-state index contributed by atoms with van der Waals surface area (Å²) in [6, 6.07) is 5.19. The first-order valence-electron chi connectivity index (χ1n) is 5.47. The largest absolute Gasteiger partial charge is 0.398 e. The Hall–Kier alpha value is -1.59. The molecule has 0 spiro atoms. The van der Waals surface area contributed by atoms with Gasteiger partial charge in [0.25, 0.3) is 5.91 Å². The van der Waals surface area contributed by atoms with Crippen molar-refractivity contribution in [3.8, 4) is 0 Å². The lowest BCUT2D eigenvalue weighted by molar-refractivity contribution is 0.0686. The number of nitrogen functional groups attached to an aromatic ring is 1. The van der Waals surface area contributed by atoms with Crippen LogP contribution in [0.25, 0.3) is 0 Å². The van der Waals surface area contributed by atoms with Crippen LogP contribution in [0.3, 0.4) is 0 Å². The molecule has 94 valence electrons. The topological polar surface area (TPSA) is 86.8 Å². The van der Waals surface area contributed by atoms with E-state index in [-0.39, 0.29) is 32.2 Å². The van der Waals surface area contributed by atoms with Crippen LogP contribution in [0.15, 0.2) is 18.2 Å². The van der Waals surface area contributed by atoms with Crippen LogP contribution < -0.4 is 5.73 Å². The number of anilines is 1. The summed E-state index contributed by atoms with van der Waals surface area (Å²) in [5.41, 5.74) is 7.57. The molecule has 4 N–H and O–H groups in total. The van der Waals surface area contributed by atoms with Crippen molar-refractivity contribution in [1.29, 1.82) is 0 Å². The van der Waals surface area contributed by atoms with E-state index >= 15 is 0 Å². The van der Waals surface area contributed by atoms with Crippen LogP contribution in [0.5, 0.6) is 0 Å². The highest BCUT2D eigenvalue weighted by Crippen LogP contribution is 2.15. The number of hydrogen-bond donors (Lipinski definition) is 3. The fraction of sp³-hybridized carbons (Fsp3) is 0.417. The molecule has 0 saturated carbocycles. The van der Waals surface area contributed by atoms with Gasteiger partial charge in [-0.1, -0.05) is 6.07 Å². The maximum absolute atomic E-state index is 12.1. The van der Waals surface area contributed by atoms with E-state index < -0.39 is 0 Å². The number of aliphatic hydroxyl groups excluding tert-OH is 2. The first-order valence-corrected chi connectivity index (χ1v) is 5.47. The molecule has 0 aliphatic rings. The zero-order valence-electron chi connectivity index (χ0n) is 9.89. The third-order valence-corrected chi connectivity index (χ3v) is 2.46. The van der Waals surface area contributed by atoms with Crippen molar-refractivity contribution in [3.63, 3.8) is 0 Å². The molecule has 0 saturated heterocycles. The molecule has 0 aromatic heterocycles. The second kappa shape index (κ2) is 6.22. The van der Waals surface area contributed by atoms with Gasteiger partial charge >= 0.3 is 0 Å². The molecule has 1 amide bonds. The molecular weight excluding hydrogens is 220 g/mol. The standard InChI is InChI=1S/C12H18N2O3/c1-9-2-3-10(11(13)8-9)12(17)14(4-6-15)5-7-16/h2-3,8,15-16H,4-7,13H2,1H3. The zero-order valence-corrected chi connectivity index (χ0v) is 9.89. The fourth-order valence-electron chi connectivity index (χ4n) is 1.60. The Morgan fingerprint density at radius 3 is 2.35 bits per heavy atom. The monoisotopic (exact) mass is 238 g/mol. The predicted molar refractivity (Wildman–Crippen MR) is 65.7 cm³/mol. The van der Waals surface area contributed by atoms with Gasteiger partial charge in [-0.25, -0.2) is 0 Å². The second-order valence-electron chi connectivity index (χ2n) is 3.83. The minimum absolute atomic E-state index is 0.141. The van der Waals surface area contributed by atoms with Gasteiger partial charge in [0.2, 0.25) is 0 Å². The van der Waals surface area contributed by atoms with Crippen molar-refractivity contribution >= 4 is 11.6 Å². The van der Waals surface area contributed by atoms with Crippen LogP contribution in [0, 0.1) is 6.92 Å². The number of hydrogen-bond acceptors (Lipinski definition) is 4. The SMILES string of the molecule is Cc1ccc(C(=O)N(CCO)CCO)c(N)c1. The third kappa shape index (κ3) is 3.44. The quantitative estimate of drug-likeness (QED) is 0.630. The number of nitrogens with zero attached hydrogens (tertiary/aromatic N) is 1. The highest BCUT2D eigenvalue weighted by molar-refractivity contribution is 5.99. The summed E-state index contributed by atoms with van der Waals surface area (Å²) in [6.45, 7) is 1.98. The predicted octanol–water partition coefficient (Wildman–Crippen LogP) is 0.00402. The molecule has 0 atom stereocenters. The summed E-state index contributed by atoms with van der Waals surface area (Å²) in [5, 5.41) is 17.7. The van der Waals surface area contributed by atoms with Gasteiger partial charge in [0.15, 0.2) is 0 Å². The number of nitrogens with two attached hydrogens (primary N) is 1. The van der Waals surface area contributed by atoms with Crippen molar-refractivity contribution in [1.82, 2.24) is 4.90 Å². The van der Waals surface area contributed by atoms with Gasteiger partial charge in [-0.15, -0.1) is 0 Å². The molecule has 5 heteroatoms. The summed E-state index contributed by atoms with van der Waals surface area (Å²) in [4.78, 5) is 13.5. The normalized spacial score (nSPS) is 10.3. The van der Waals surface area contributed by atoms with Crippen LogP contribution in [-0.4, -0.2) is 47.3 Å². The van der Waals surface area contributed by atoms with Crippen molar-refractivity contribution in [2.24, 2.45) is 0 Å². The second-order valence-corrected chi connectivity index (χ2v) is 3.83. The van der Waals surface area contributed by atoms with Gasteiger partial charge in [0.1, 0.15) is 0 Å². The first kappa shape index (κ1) is 13.5. The molecule has 5 nitrogen and oxygen atoms in total. The van der Waals surface area contributed by atoms with Gasteiger partial charge in [0, 0.05) is 18.8 Å². The van der Waals surface area contributed by atoms with E-state index in [0.717, 1.165) is 5.56 Å². The maximum Gasteiger partial charge on any atom is 0.256 e. The Balaban J connectivity index is 2.92. The van der Waals surface area contributed by atoms with E-state index in [2.05, 4.69) is 0 Å². The highest BCUT2D eigenvalue weighted by Gasteiger charge is 2.17. The molecule has 1 rings (SSSR count). The lowest BCUT2D eigenvalue weighted by Crippen LogP contribution is -2.36. The maximum atomic E-state index is 12.1. The molecule has 0 heterocycles. The number of carbonyl (C=O) groups is 1. The number of aliphatic hydroxyl groups is 2. The Morgan fingerprint density at radius 2 is 1.88 bits per heavy atom. The number of benzene rings is 1. The van der Waals surface area contributed by atoms with Gasteiger partial charge in [-0.05, 0) is 24.6 Å². The van der Waals surface area contributed by atoms with Crippen LogP contribution >= 0.6 is 0 Å². The van der Waals surface area contributed by atoms with E-state index in [9.17, 15) is 4.79 Å².